The monoisotopic (exact) mass is 340 g/mol. The van der Waals surface area contributed by atoms with Crippen LogP contribution in [0.5, 0.6) is 0 Å². The van der Waals surface area contributed by atoms with Crippen molar-refractivity contribution in [2.24, 2.45) is 0 Å². The molecule has 1 amide bonds. The lowest BCUT2D eigenvalue weighted by Gasteiger charge is -2.08. The molecule has 0 heterocycles. The Labute approximate surface area is 130 Å². The third-order valence-electron chi connectivity index (χ3n) is 3.14. The number of para-hydroxylation sites is 1. The molecule has 0 aromatic heterocycles. The molecule has 1 rings (SSSR count). The molecule has 0 fully saturated rings. The van der Waals surface area contributed by atoms with E-state index in [1.54, 1.807) is 0 Å². The van der Waals surface area contributed by atoms with E-state index in [4.69, 9.17) is 0 Å². The molecule has 112 valence electrons. The summed E-state index contributed by atoms with van der Waals surface area (Å²) in [4.78, 5) is 11.7. The molecule has 2 N–H and O–H groups in total. The van der Waals surface area contributed by atoms with E-state index >= 15 is 0 Å². The van der Waals surface area contributed by atoms with Crippen molar-refractivity contribution in [1.82, 2.24) is 5.32 Å². The standard InChI is InChI=1S/C16H25BrN2O/c1-2-3-4-5-6-9-12-18-13-16(20)19-15-11-8-7-10-14(15)17/h7-8,10-11,18H,2-6,9,12-13H2,1H3,(H,19,20). The summed E-state index contributed by atoms with van der Waals surface area (Å²) in [7, 11) is 0. The van der Waals surface area contributed by atoms with Crippen LogP contribution < -0.4 is 10.6 Å². The molecular weight excluding hydrogens is 316 g/mol. The summed E-state index contributed by atoms with van der Waals surface area (Å²) in [5, 5.41) is 6.07. The van der Waals surface area contributed by atoms with Crippen molar-refractivity contribution in [3.8, 4) is 0 Å². The van der Waals surface area contributed by atoms with Gasteiger partial charge in [-0.25, -0.2) is 0 Å². The first kappa shape index (κ1) is 17.2. The zero-order chi connectivity index (χ0) is 14.6. The maximum atomic E-state index is 11.7. The summed E-state index contributed by atoms with van der Waals surface area (Å²) >= 11 is 3.41. The molecule has 20 heavy (non-hydrogen) atoms. The van der Waals surface area contributed by atoms with Crippen molar-refractivity contribution in [2.45, 2.75) is 45.4 Å². The van der Waals surface area contributed by atoms with E-state index in [1.807, 2.05) is 24.3 Å². The van der Waals surface area contributed by atoms with Gasteiger partial charge in [0.25, 0.3) is 0 Å². The molecule has 0 aliphatic rings. The lowest BCUT2D eigenvalue weighted by Crippen LogP contribution is -2.28. The zero-order valence-electron chi connectivity index (χ0n) is 12.3. The first-order chi connectivity index (χ1) is 9.74. The first-order valence-electron chi connectivity index (χ1n) is 7.49. The first-order valence-corrected chi connectivity index (χ1v) is 8.28. The fourth-order valence-corrected chi connectivity index (χ4v) is 2.37. The van der Waals surface area contributed by atoms with Crippen molar-refractivity contribution >= 4 is 27.5 Å². The Hall–Kier alpha value is -0.870. The second kappa shape index (κ2) is 10.9. The Balaban J connectivity index is 2.05. The normalized spacial score (nSPS) is 10.5. The fourth-order valence-electron chi connectivity index (χ4n) is 1.99. The quantitative estimate of drug-likeness (QED) is 0.622. The largest absolute Gasteiger partial charge is 0.324 e. The predicted octanol–water partition coefficient (Wildman–Crippen LogP) is 4.34. The molecule has 4 heteroatoms. The third-order valence-corrected chi connectivity index (χ3v) is 3.83. The highest BCUT2D eigenvalue weighted by atomic mass is 79.9. The van der Waals surface area contributed by atoms with Gasteiger partial charge in [-0.15, -0.1) is 0 Å². The summed E-state index contributed by atoms with van der Waals surface area (Å²) in [5.74, 6) is 0.00267. The van der Waals surface area contributed by atoms with Gasteiger partial charge in [0, 0.05) is 4.47 Å². The number of hydrogen-bond donors (Lipinski definition) is 2. The van der Waals surface area contributed by atoms with E-state index in [1.165, 1.54) is 32.1 Å². The SMILES string of the molecule is CCCCCCCCNCC(=O)Nc1ccccc1Br. The second-order valence-electron chi connectivity index (χ2n) is 4.97. The Morgan fingerprint density at radius 2 is 1.80 bits per heavy atom. The zero-order valence-corrected chi connectivity index (χ0v) is 13.8. The van der Waals surface area contributed by atoms with E-state index in [2.05, 4.69) is 33.5 Å². The molecule has 0 spiro atoms. The number of halogens is 1. The lowest BCUT2D eigenvalue weighted by molar-refractivity contribution is -0.115. The van der Waals surface area contributed by atoms with Crippen LogP contribution in [0.1, 0.15) is 45.4 Å². The number of anilines is 1. The molecule has 0 unspecified atom stereocenters. The highest BCUT2D eigenvalue weighted by Gasteiger charge is 2.03. The van der Waals surface area contributed by atoms with E-state index in [9.17, 15) is 4.79 Å². The van der Waals surface area contributed by atoms with Crippen LogP contribution in [-0.2, 0) is 4.79 Å². The van der Waals surface area contributed by atoms with Gasteiger partial charge in [0.2, 0.25) is 5.91 Å². The minimum Gasteiger partial charge on any atom is -0.324 e. The number of hydrogen-bond acceptors (Lipinski definition) is 2. The van der Waals surface area contributed by atoms with Crippen LogP contribution in [0.2, 0.25) is 0 Å². The van der Waals surface area contributed by atoms with Gasteiger partial charge in [0.15, 0.2) is 0 Å². The summed E-state index contributed by atoms with van der Waals surface area (Å²) < 4.78 is 0.907. The number of carbonyl (C=O) groups excluding carboxylic acids is 1. The molecule has 1 aromatic rings. The third kappa shape index (κ3) is 7.65. The molecule has 0 radical (unpaired) electrons. The number of nitrogens with one attached hydrogen (secondary N) is 2. The van der Waals surface area contributed by atoms with Gasteiger partial charge in [0.1, 0.15) is 0 Å². The Kier molecular flexibility index (Phi) is 9.33. The van der Waals surface area contributed by atoms with Crippen LogP contribution in [-0.4, -0.2) is 19.0 Å². The molecule has 1 aromatic carbocycles. The highest BCUT2D eigenvalue weighted by molar-refractivity contribution is 9.10. The van der Waals surface area contributed by atoms with E-state index in [-0.39, 0.29) is 5.91 Å². The highest BCUT2D eigenvalue weighted by Crippen LogP contribution is 2.20. The number of carbonyl (C=O) groups is 1. The van der Waals surface area contributed by atoms with Crippen LogP contribution in [0.25, 0.3) is 0 Å². The molecule has 0 aliphatic heterocycles. The maximum absolute atomic E-state index is 11.7. The number of rotatable bonds is 10. The minimum absolute atomic E-state index is 0.00267. The van der Waals surface area contributed by atoms with Crippen LogP contribution in [0.15, 0.2) is 28.7 Å². The fraction of sp³-hybridized carbons (Fsp3) is 0.562. The molecule has 0 saturated carbocycles. The van der Waals surface area contributed by atoms with Gasteiger partial charge in [-0.2, -0.15) is 0 Å². The van der Waals surface area contributed by atoms with E-state index in [0.717, 1.165) is 23.1 Å². The average Bonchev–Trinajstić information content (AvgIpc) is 2.44. The molecule has 0 aliphatic carbocycles. The van der Waals surface area contributed by atoms with E-state index < -0.39 is 0 Å². The Morgan fingerprint density at radius 1 is 1.10 bits per heavy atom. The van der Waals surface area contributed by atoms with Gasteiger partial charge in [-0.1, -0.05) is 51.2 Å². The van der Waals surface area contributed by atoms with E-state index in [0.29, 0.717) is 6.54 Å². The van der Waals surface area contributed by atoms with Crippen LogP contribution in [0.4, 0.5) is 5.69 Å². The number of unbranched alkanes of at least 4 members (excludes halogenated alkanes) is 5. The summed E-state index contributed by atoms with van der Waals surface area (Å²) in [6, 6.07) is 7.63. The Bertz CT molecular complexity index is 396. The van der Waals surface area contributed by atoms with Crippen LogP contribution in [0, 0.1) is 0 Å². The molecule has 0 bridgehead atoms. The van der Waals surface area contributed by atoms with Crippen molar-refractivity contribution in [3.63, 3.8) is 0 Å². The lowest BCUT2D eigenvalue weighted by atomic mass is 10.1. The topological polar surface area (TPSA) is 41.1 Å². The molecule has 3 nitrogen and oxygen atoms in total. The van der Waals surface area contributed by atoms with Gasteiger partial charge in [-0.3, -0.25) is 4.79 Å². The summed E-state index contributed by atoms with van der Waals surface area (Å²) in [6.07, 6.45) is 7.65. The number of benzene rings is 1. The van der Waals surface area contributed by atoms with Gasteiger partial charge >= 0.3 is 0 Å². The van der Waals surface area contributed by atoms with Crippen molar-refractivity contribution < 1.29 is 4.79 Å². The van der Waals surface area contributed by atoms with Crippen LogP contribution in [0.3, 0.4) is 0 Å². The van der Waals surface area contributed by atoms with Gasteiger partial charge in [0.05, 0.1) is 12.2 Å². The minimum atomic E-state index is 0.00267. The smallest absolute Gasteiger partial charge is 0.238 e. The maximum Gasteiger partial charge on any atom is 0.238 e. The van der Waals surface area contributed by atoms with Crippen molar-refractivity contribution in [2.75, 3.05) is 18.4 Å². The molecular formula is C16H25BrN2O. The molecule has 0 atom stereocenters. The van der Waals surface area contributed by atoms with Crippen molar-refractivity contribution in [1.29, 1.82) is 0 Å². The average molecular weight is 341 g/mol. The molecule has 0 saturated heterocycles. The second-order valence-corrected chi connectivity index (χ2v) is 5.83. The van der Waals surface area contributed by atoms with Gasteiger partial charge < -0.3 is 10.6 Å². The number of amides is 1. The van der Waals surface area contributed by atoms with Gasteiger partial charge in [-0.05, 0) is 41.0 Å². The Morgan fingerprint density at radius 3 is 2.55 bits per heavy atom. The summed E-state index contributed by atoms with van der Waals surface area (Å²) in [5.41, 5.74) is 0.818. The van der Waals surface area contributed by atoms with Crippen LogP contribution >= 0.6 is 15.9 Å². The summed E-state index contributed by atoms with van der Waals surface area (Å²) in [6.45, 7) is 3.51. The van der Waals surface area contributed by atoms with Crippen molar-refractivity contribution in [3.05, 3.63) is 28.7 Å². The predicted molar refractivity (Wildman–Crippen MR) is 89.0 cm³/mol.